The van der Waals surface area contributed by atoms with Crippen LogP contribution >= 0.6 is 0 Å². The van der Waals surface area contributed by atoms with Gasteiger partial charge < -0.3 is 0 Å². The lowest BCUT2D eigenvalue weighted by atomic mass is 9.93. The number of rotatable bonds is 4. The molecule has 110 valence electrons. The summed E-state index contributed by atoms with van der Waals surface area (Å²) in [5, 5.41) is 0. The topological polar surface area (TPSA) is 3.24 Å². The van der Waals surface area contributed by atoms with Crippen molar-refractivity contribution in [3.8, 4) is 0 Å². The quantitative estimate of drug-likeness (QED) is 0.773. The fourth-order valence-corrected chi connectivity index (χ4v) is 3.52. The maximum atomic E-state index is 2.71. The summed E-state index contributed by atoms with van der Waals surface area (Å²) in [7, 11) is 0. The molecule has 1 aliphatic heterocycles. The first kappa shape index (κ1) is 14.3. The minimum absolute atomic E-state index is 0.504. The van der Waals surface area contributed by atoms with E-state index in [0.717, 1.165) is 6.42 Å². The molecule has 21 heavy (non-hydrogen) atoms. The van der Waals surface area contributed by atoms with Crippen LogP contribution in [-0.2, 0) is 6.42 Å². The van der Waals surface area contributed by atoms with E-state index in [4.69, 9.17) is 0 Å². The predicted octanol–water partition coefficient (Wildman–Crippen LogP) is 4.84. The monoisotopic (exact) mass is 279 g/mol. The van der Waals surface area contributed by atoms with Gasteiger partial charge in [0.25, 0.3) is 0 Å². The van der Waals surface area contributed by atoms with E-state index in [2.05, 4.69) is 72.5 Å². The second-order valence-electron chi connectivity index (χ2n) is 6.20. The Morgan fingerprint density at radius 1 is 0.952 bits per heavy atom. The minimum Gasteiger partial charge on any atom is -0.293 e. The summed E-state index contributed by atoms with van der Waals surface area (Å²) < 4.78 is 0. The van der Waals surface area contributed by atoms with Crippen LogP contribution in [0.4, 0.5) is 0 Å². The van der Waals surface area contributed by atoms with Crippen LogP contribution in [0.1, 0.15) is 43.4 Å². The maximum Gasteiger partial charge on any atom is 0.0391 e. The Morgan fingerprint density at radius 2 is 1.62 bits per heavy atom. The highest BCUT2D eigenvalue weighted by atomic mass is 15.2. The molecule has 0 unspecified atom stereocenters. The summed E-state index contributed by atoms with van der Waals surface area (Å²) in [4.78, 5) is 2.71. The summed E-state index contributed by atoms with van der Waals surface area (Å²) in [6.45, 7) is 3.62. The number of nitrogens with zero attached hydrogens (tertiary/aromatic N) is 1. The van der Waals surface area contributed by atoms with Crippen LogP contribution in [-0.4, -0.2) is 17.5 Å². The molecular formula is C20H25N. The molecule has 0 aromatic heterocycles. The predicted molar refractivity (Wildman–Crippen MR) is 89.3 cm³/mol. The Balaban J connectivity index is 1.87. The van der Waals surface area contributed by atoms with Crippen molar-refractivity contribution in [3.05, 3.63) is 71.8 Å². The summed E-state index contributed by atoms with van der Waals surface area (Å²) in [6.07, 6.45) is 5.15. The molecule has 0 saturated carbocycles. The zero-order chi connectivity index (χ0) is 14.5. The second kappa shape index (κ2) is 6.91. The minimum atomic E-state index is 0.504. The highest BCUT2D eigenvalue weighted by Gasteiger charge is 2.27. The van der Waals surface area contributed by atoms with Crippen molar-refractivity contribution < 1.29 is 0 Å². The van der Waals surface area contributed by atoms with Gasteiger partial charge >= 0.3 is 0 Å². The fraction of sp³-hybridized carbons (Fsp3) is 0.400. The molecule has 0 N–H and O–H groups in total. The van der Waals surface area contributed by atoms with Gasteiger partial charge in [-0.25, -0.2) is 0 Å². The van der Waals surface area contributed by atoms with E-state index in [0.29, 0.717) is 12.1 Å². The van der Waals surface area contributed by atoms with Gasteiger partial charge in [0.2, 0.25) is 0 Å². The Bertz CT molecular complexity index is 534. The van der Waals surface area contributed by atoms with Gasteiger partial charge in [0.1, 0.15) is 0 Å². The summed E-state index contributed by atoms with van der Waals surface area (Å²) in [5.74, 6) is 0. The molecule has 1 nitrogen and oxygen atoms in total. The van der Waals surface area contributed by atoms with Crippen LogP contribution in [0.15, 0.2) is 60.7 Å². The van der Waals surface area contributed by atoms with E-state index in [-0.39, 0.29) is 0 Å². The van der Waals surface area contributed by atoms with Crippen molar-refractivity contribution in [2.45, 2.75) is 44.7 Å². The molecule has 1 fully saturated rings. The molecular weight excluding hydrogens is 254 g/mol. The van der Waals surface area contributed by atoms with Crippen LogP contribution in [0.3, 0.4) is 0 Å². The smallest absolute Gasteiger partial charge is 0.0391 e. The van der Waals surface area contributed by atoms with Gasteiger partial charge in [-0.1, -0.05) is 67.1 Å². The van der Waals surface area contributed by atoms with Crippen LogP contribution in [0.2, 0.25) is 0 Å². The standard InChI is InChI=1S/C20H25N/c1-17-10-8-9-15-21(17)20(19-13-6-3-7-14-19)16-18-11-4-2-5-12-18/h2-7,11-14,17,20H,8-10,15-16H2,1H3/t17-,20+/m1/s1. The third-order valence-electron chi connectivity index (χ3n) is 4.71. The van der Waals surface area contributed by atoms with E-state index in [1.54, 1.807) is 0 Å². The van der Waals surface area contributed by atoms with Crippen molar-refractivity contribution in [1.82, 2.24) is 4.90 Å². The third kappa shape index (κ3) is 3.54. The number of hydrogen-bond donors (Lipinski definition) is 0. The average Bonchev–Trinajstić information content (AvgIpc) is 2.55. The Hall–Kier alpha value is -1.60. The number of piperidine rings is 1. The number of likely N-dealkylation sites (tertiary alicyclic amines) is 1. The molecule has 2 aromatic rings. The molecule has 0 bridgehead atoms. The first-order chi connectivity index (χ1) is 10.3. The second-order valence-corrected chi connectivity index (χ2v) is 6.20. The Labute approximate surface area is 128 Å². The SMILES string of the molecule is C[C@@H]1CCCCN1[C@@H](Cc1ccccc1)c1ccccc1. The normalized spacial score (nSPS) is 21.1. The highest BCUT2D eigenvalue weighted by Crippen LogP contribution is 2.31. The molecule has 3 rings (SSSR count). The lowest BCUT2D eigenvalue weighted by Gasteiger charge is -2.40. The fourth-order valence-electron chi connectivity index (χ4n) is 3.52. The van der Waals surface area contributed by atoms with Crippen molar-refractivity contribution in [2.75, 3.05) is 6.54 Å². The maximum absolute atomic E-state index is 2.71. The molecule has 2 atom stereocenters. The van der Waals surface area contributed by atoms with Crippen molar-refractivity contribution in [2.24, 2.45) is 0 Å². The molecule has 1 aliphatic rings. The van der Waals surface area contributed by atoms with Crippen molar-refractivity contribution >= 4 is 0 Å². The van der Waals surface area contributed by atoms with Crippen LogP contribution in [0, 0.1) is 0 Å². The molecule has 0 spiro atoms. The molecule has 2 aromatic carbocycles. The summed E-state index contributed by atoms with van der Waals surface area (Å²) in [5.41, 5.74) is 2.89. The number of benzene rings is 2. The lowest BCUT2D eigenvalue weighted by Crippen LogP contribution is -2.41. The first-order valence-corrected chi connectivity index (χ1v) is 8.19. The Morgan fingerprint density at radius 3 is 2.29 bits per heavy atom. The highest BCUT2D eigenvalue weighted by molar-refractivity contribution is 5.24. The van der Waals surface area contributed by atoms with Gasteiger partial charge in [-0.15, -0.1) is 0 Å². The van der Waals surface area contributed by atoms with E-state index in [1.807, 2.05) is 0 Å². The molecule has 1 saturated heterocycles. The molecule has 0 radical (unpaired) electrons. The first-order valence-electron chi connectivity index (χ1n) is 8.19. The zero-order valence-electron chi connectivity index (χ0n) is 12.9. The summed E-state index contributed by atoms with van der Waals surface area (Å²) in [6, 6.07) is 23.1. The molecule has 1 heteroatoms. The van der Waals surface area contributed by atoms with E-state index in [9.17, 15) is 0 Å². The number of hydrogen-bond acceptors (Lipinski definition) is 1. The van der Waals surface area contributed by atoms with Gasteiger partial charge in [-0.05, 0) is 43.9 Å². The van der Waals surface area contributed by atoms with Gasteiger partial charge in [-0.2, -0.15) is 0 Å². The average molecular weight is 279 g/mol. The van der Waals surface area contributed by atoms with Gasteiger partial charge in [0.15, 0.2) is 0 Å². The Kier molecular flexibility index (Phi) is 4.72. The van der Waals surface area contributed by atoms with E-state index < -0.39 is 0 Å². The van der Waals surface area contributed by atoms with Crippen molar-refractivity contribution in [1.29, 1.82) is 0 Å². The van der Waals surface area contributed by atoms with Crippen molar-refractivity contribution in [3.63, 3.8) is 0 Å². The largest absolute Gasteiger partial charge is 0.293 e. The van der Waals surface area contributed by atoms with Gasteiger partial charge in [0, 0.05) is 12.1 Å². The lowest BCUT2D eigenvalue weighted by molar-refractivity contribution is 0.104. The zero-order valence-corrected chi connectivity index (χ0v) is 12.9. The van der Waals surface area contributed by atoms with E-state index >= 15 is 0 Å². The third-order valence-corrected chi connectivity index (χ3v) is 4.71. The van der Waals surface area contributed by atoms with Gasteiger partial charge in [-0.3, -0.25) is 4.90 Å². The van der Waals surface area contributed by atoms with Crippen LogP contribution < -0.4 is 0 Å². The van der Waals surface area contributed by atoms with Crippen LogP contribution in [0.25, 0.3) is 0 Å². The van der Waals surface area contributed by atoms with Crippen LogP contribution in [0.5, 0.6) is 0 Å². The van der Waals surface area contributed by atoms with Gasteiger partial charge in [0.05, 0.1) is 0 Å². The van der Waals surface area contributed by atoms with E-state index in [1.165, 1.54) is 36.9 Å². The molecule has 0 amide bonds. The molecule has 1 heterocycles. The molecule has 0 aliphatic carbocycles. The summed E-state index contributed by atoms with van der Waals surface area (Å²) >= 11 is 0.